The number of para-hydroxylation sites is 2. The zero-order valence-corrected chi connectivity index (χ0v) is 11.7. The van der Waals surface area contributed by atoms with Gasteiger partial charge in [-0.25, -0.2) is 0 Å². The molecule has 0 spiro atoms. The number of phenols is 2. The van der Waals surface area contributed by atoms with E-state index in [9.17, 15) is 15.0 Å². The molecule has 3 aromatic rings. The van der Waals surface area contributed by atoms with Gasteiger partial charge in [-0.2, -0.15) is 0 Å². The van der Waals surface area contributed by atoms with Gasteiger partial charge in [0.05, 0.1) is 5.56 Å². The summed E-state index contributed by atoms with van der Waals surface area (Å²) in [6.45, 7) is 0. The van der Waals surface area contributed by atoms with Gasteiger partial charge in [-0.05, 0) is 23.8 Å². The van der Waals surface area contributed by atoms with Crippen molar-refractivity contribution in [2.24, 2.45) is 0 Å². The van der Waals surface area contributed by atoms with Gasteiger partial charge >= 0.3 is 0 Å². The van der Waals surface area contributed by atoms with Crippen LogP contribution in [0.25, 0.3) is 11.1 Å². The third kappa shape index (κ3) is 2.56. The summed E-state index contributed by atoms with van der Waals surface area (Å²) in [5.74, 6) is -0.0681. The highest BCUT2D eigenvalue weighted by Crippen LogP contribution is 2.29. The Bertz CT molecular complexity index is 820. The molecule has 22 heavy (non-hydrogen) atoms. The fourth-order valence-corrected chi connectivity index (χ4v) is 2.34. The monoisotopic (exact) mass is 290 g/mol. The highest BCUT2D eigenvalue weighted by molar-refractivity contribution is 6.10. The van der Waals surface area contributed by atoms with E-state index in [0.29, 0.717) is 11.1 Å². The molecule has 0 atom stereocenters. The summed E-state index contributed by atoms with van der Waals surface area (Å²) >= 11 is 0. The maximum atomic E-state index is 12.4. The van der Waals surface area contributed by atoms with Crippen LogP contribution in [0.15, 0.2) is 72.8 Å². The first kappa shape index (κ1) is 13.9. The van der Waals surface area contributed by atoms with Crippen molar-refractivity contribution in [2.75, 3.05) is 0 Å². The Morgan fingerprint density at radius 2 is 1.27 bits per heavy atom. The minimum atomic E-state index is -0.234. The zero-order valence-electron chi connectivity index (χ0n) is 11.7. The summed E-state index contributed by atoms with van der Waals surface area (Å²) in [5.41, 5.74) is 2.30. The Hall–Kier alpha value is -3.07. The van der Waals surface area contributed by atoms with E-state index in [2.05, 4.69) is 0 Å². The third-order valence-electron chi connectivity index (χ3n) is 3.51. The number of aromatic hydroxyl groups is 2. The smallest absolute Gasteiger partial charge is 0.196 e. The fraction of sp³-hybridized carbons (Fsp3) is 0. The number of rotatable bonds is 3. The van der Waals surface area contributed by atoms with Crippen LogP contribution >= 0.6 is 0 Å². The van der Waals surface area contributed by atoms with Gasteiger partial charge < -0.3 is 10.2 Å². The number of phenolic OH excluding ortho intramolecular Hbond substituents is 2. The van der Waals surface area contributed by atoms with Crippen LogP contribution in [0.3, 0.4) is 0 Å². The number of ketones is 1. The summed E-state index contributed by atoms with van der Waals surface area (Å²) in [4.78, 5) is 12.4. The molecule has 2 N–H and O–H groups in total. The molecule has 3 nitrogen and oxygen atoms in total. The zero-order chi connectivity index (χ0) is 15.5. The third-order valence-corrected chi connectivity index (χ3v) is 3.51. The van der Waals surface area contributed by atoms with Gasteiger partial charge in [-0.3, -0.25) is 4.79 Å². The largest absolute Gasteiger partial charge is 0.507 e. The molecule has 108 valence electrons. The van der Waals surface area contributed by atoms with Gasteiger partial charge in [0.15, 0.2) is 5.78 Å². The minimum absolute atomic E-state index is 0.0303. The molecular formula is C19H14O3. The van der Waals surface area contributed by atoms with E-state index in [1.807, 2.05) is 12.1 Å². The maximum absolute atomic E-state index is 12.4. The Morgan fingerprint density at radius 1 is 0.682 bits per heavy atom. The van der Waals surface area contributed by atoms with Crippen LogP contribution in [0.1, 0.15) is 15.9 Å². The van der Waals surface area contributed by atoms with Crippen molar-refractivity contribution in [3.05, 3.63) is 83.9 Å². The summed E-state index contributed by atoms with van der Waals surface area (Å²) in [6, 6.07) is 20.4. The summed E-state index contributed by atoms with van der Waals surface area (Å²) in [6.07, 6.45) is 0. The van der Waals surface area contributed by atoms with Crippen molar-refractivity contribution in [3.8, 4) is 22.6 Å². The molecule has 0 heterocycles. The number of carbonyl (C=O) groups excluding carboxylic acids is 1. The molecule has 0 radical (unpaired) electrons. The standard InChI is InChI=1S/C19H14O3/c20-17-7-3-1-5-15(17)13-9-11-14(12-10-13)19(22)16-6-2-4-8-18(16)21/h1-12,20-21H. The van der Waals surface area contributed by atoms with Crippen molar-refractivity contribution in [1.29, 1.82) is 0 Å². The second kappa shape index (κ2) is 5.74. The molecule has 0 unspecified atom stereocenters. The van der Waals surface area contributed by atoms with Crippen LogP contribution in [-0.4, -0.2) is 16.0 Å². The first-order valence-corrected chi connectivity index (χ1v) is 6.88. The lowest BCUT2D eigenvalue weighted by Gasteiger charge is -2.07. The van der Waals surface area contributed by atoms with Crippen molar-refractivity contribution in [3.63, 3.8) is 0 Å². The molecule has 0 bridgehead atoms. The first-order chi connectivity index (χ1) is 10.7. The molecule has 0 fully saturated rings. The number of hydrogen-bond acceptors (Lipinski definition) is 3. The van der Waals surface area contributed by atoms with Crippen LogP contribution in [0.2, 0.25) is 0 Å². The van der Waals surface area contributed by atoms with Crippen LogP contribution in [-0.2, 0) is 0 Å². The van der Waals surface area contributed by atoms with Crippen molar-refractivity contribution >= 4 is 5.78 Å². The SMILES string of the molecule is O=C(c1ccc(-c2ccccc2O)cc1)c1ccccc1O. The minimum Gasteiger partial charge on any atom is -0.507 e. The van der Waals surface area contributed by atoms with Gasteiger partial charge in [0.25, 0.3) is 0 Å². The topological polar surface area (TPSA) is 57.5 Å². The van der Waals surface area contributed by atoms with Crippen LogP contribution in [0.5, 0.6) is 11.5 Å². The lowest BCUT2D eigenvalue weighted by atomic mass is 9.98. The van der Waals surface area contributed by atoms with E-state index >= 15 is 0 Å². The molecule has 0 aliphatic heterocycles. The fourth-order valence-electron chi connectivity index (χ4n) is 2.34. The van der Waals surface area contributed by atoms with E-state index in [1.54, 1.807) is 54.6 Å². The molecule has 0 saturated carbocycles. The normalized spacial score (nSPS) is 10.4. The Kier molecular flexibility index (Phi) is 3.62. The Morgan fingerprint density at radius 3 is 1.91 bits per heavy atom. The van der Waals surface area contributed by atoms with Gasteiger partial charge in [-0.1, -0.05) is 54.6 Å². The number of hydrogen-bond donors (Lipinski definition) is 2. The Labute approximate surface area is 128 Å². The van der Waals surface area contributed by atoms with Crippen LogP contribution in [0.4, 0.5) is 0 Å². The van der Waals surface area contributed by atoms with E-state index in [1.165, 1.54) is 6.07 Å². The first-order valence-electron chi connectivity index (χ1n) is 6.88. The summed E-state index contributed by atoms with van der Waals surface area (Å²) < 4.78 is 0. The molecule has 3 heteroatoms. The molecule has 0 aliphatic rings. The quantitative estimate of drug-likeness (QED) is 0.717. The van der Waals surface area contributed by atoms with Crippen molar-refractivity contribution < 1.29 is 15.0 Å². The number of benzene rings is 3. The molecule has 3 aromatic carbocycles. The molecule has 0 aromatic heterocycles. The molecule has 0 amide bonds. The lowest BCUT2D eigenvalue weighted by Crippen LogP contribution is -2.01. The molecule has 0 saturated heterocycles. The second-order valence-electron chi connectivity index (χ2n) is 4.94. The predicted molar refractivity (Wildman–Crippen MR) is 85.1 cm³/mol. The van der Waals surface area contributed by atoms with Crippen molar-refractivity contribution in [1.82, 2.24) is 0 Å². The second-order valence-corrected chi connectivity index (χ2v) is 4.94. The van der Waals surface area contributed by atoms with E-state index in [0.717, 1.165) is 5.56 Å². The van der Waals surface area contributed by atoms with E-state index < -0.39 is 0 Å². The lowest BCUT2D eigenvalue weighted by molar-refractivity contribution is 0.103. The van der Waals surface area contributed by atoms with Crippen molar-refractivity contribution in [2.45, 2.75) is 0 Å². The Balaban J connectivity index is 1.94. The molecule has 3 rings (SSSR count). The van der Waals surface area contributed by atoms with Gasteiger partial charge in [-0.15, -0.1) is 0 Å². The van der Waals surface area contributed by atoms with Crippen LogP contribution in [0, 0.1) is 0 Å². The van der Waals surface area contributed by atoms with Crippen LogP contribution < -0.4 is 0 Å². The molecule has 0 aliphatic carbocycles. The average molecular weight is 290 g/mol. The maximum Gasteiger partial charge on any atom is 0.196 e. The number of carbonyl (C=O) groups is 1. The van der Waals surface area contributed by atoms with Gasteiger partial charge in [0.2, 0.25) is 0 Å². The highest BCUT2D eigenvalue weighted by atomic mass is 16.3. The van der Waals surface area contributed by atoms with Gasteiger partial charge in [0.1, 0.15) is 11.5 Å². The summed E-state index contributed by atoms with van der Waals surface area (Å²) in [5, 5.41) is 19.6. The van der Waals surface area contributed by atoms with E-state index in [4.69, 9.17) is 0 Å². The predicted octanol–water partition coefficient (Wildman–Crippen LogP) is 4.00. The van der Waals surface area contributed by atoms with E-state index in [-0.39, 0.29) is 22.8 Å². The highest BCUT2D eigenvalue weighted by Gasteiger charge is 2.13. The average Bonchev–Trinajstić information content (AvgIpc) is 2.55. The van der Waals surface area contributed by atoms with Gasteiger partial charge in [0, 0.05) is 11.1 Å². The summed E-state index contributed by atoms with van der Waals surface area (Å²) in [7, 11) is 0. The molecular weight excluding hydrogens is 276 g/mol.